The fourth-order valence-electron chi connectivity index (χ4n) is 1.88. The van der Waals surface area contributed by atoms with E-state index in [2.05, 4.69) is 5.32 Å². The Kier molecular flexibility index (Phi) is 5.15. The molecule has 5 heteroatoms. The lowest BCUT2D eigenvalue weighted by molar-refractivity contribution is 0.102. The molecule has 1 aromatic carbocycles. The highest BCUT2D eigenvalue weighted by molar-refractivity contribution is 7.12. The van der Waals surface area contributed by atoms with E-state index in [-0.39, 0.29) is 5.91 Å². The van der Waals surface area contributed by atoms with Gasteiger partial charge in [-0.25, -0.2) is 0 Å². The third-order valence-corrected chi connectivity index (χ3v) is 3.79. The summed E-state index contributed by atoms with van der Waals surface area (Å²) in [5, 5.41) is 4.77. The largest absolute Gasteiger partial charge is 0.495 e. The molecule has 0 aliphatic heterocycles. The molecule has 20 heavy (non-hydrogen) atoms. The van der Waals surface area contributed by atoms with Crippen LogP contribution in [-0.2, 0) is 11.2 Å². The monoisotopic (exact) mass is 291 g/mol. The van der Waals surface area contributed by atoms with Crippen LogP contribution < -0.4 is 10.1 Å². The molecule has 1 amide bonds. The van der Waals surface area contributed by atoms with Crippen molar-refractivity contribution < 1.29 is 14.3 Å². The summed E-state index contributed by atoms with van der Waals surface area (Å²) in [6.45, 7) is 0.620. The van der Waals surface area contributed by atoms with Gasteiger partial charge in [-0.15, -0.1) is 11.3 Å². The molecule has 1 heterocycles. The van der Waals surface area contributed by atoms with E-state index in [0.717, 1.165) is 17.7 Å². The third-order valence-electron chi connectivity index (χ3n) is 2.90. The highest BCUT2D eigenvalue weighted by Gasteiger charge is 2.15. The van der Waals surface area contributed by atoms with Crippen LogP contribution in [0.4, 0.5) is 5.69 Å². The van der Waals surface area contributed by atoms with Gasteiger partial charge in [0.15, 0.2) is 0 Å². The second-order valence-corrected chi connectivity index (χ2v) is 5.09. The number of nitrogens with one attached hydrogen (secondary N) is 1. The molecule has 0 saturated heterocycles. The predicted octanol–water partition coefficient (Wildman–Crippen LogP) is 3.20. The number of methoxy groups -OCH3 is 2. The van der Waals surface area contributed by atoms with Gasteiger partial charge in [-0.05, 0) is 29.5 Å². The minimum atomic E-state index is -0.151. The molecule has 0 unspecified atom stereocenters. The number of carbonyl (C=O) groups excluding carboxylic acids is 1. The van der Waals surface area contributed by atoms with Crippen LogP contribution in [-0.4, -0.2) is 26.7 Å². The van der Waals surface area contributed by atoms with Crippen molar-refractivity contribution in [3.05, 3.63) is 46.2 Å². The maximum absolute atomic E-state index is 12.3. The van der Waals surface area contributed by atoms with Crippen molar-refractivity contribution in [1.29, 1.82) is 0 Å². The summed E-state index contributed by atoms with van der Waals surface area (Å²) in [6.07, 6.45) is 0.758. The topological polar surface area (TPSA) is 47.6 Å². The Balaban J connectivity index is 2.15. The highest BCUT2D eigenvalue weighted by atomic mass is 32.1. The Hall–Kier alpha value is -1.85. The molecule has 0 spiro atoms. The van der Waals surface area contributed by atoms with Crippen LogP contribution >= 0.6 is 11.3 Å². The standard InChI is InChI=1S/C15H17NO3S/c1-18-9-7-11-5-3-4-6-12(11)16-15(17)14-13(19-2)8-10-20-14/h3-6,8,10H,7,9H2,1-2H3,(H,16,17). The first-order valence-electron chi connectivity index (χ1n) is 6.26. The zero-order chi connectivity index (χ0) is 14.4. The van der Waals surface area contributed by atoms with Crippen LogP contribution in [0.3, 0.4) is 0 Å². The molecule has 2 aromatic rings. The van der Waals surface area contributed by atoms with Gasteiger partial charge >= 0.3 is 0 Å². The summed E-state index contributed by atoms with van der Waals surface area (Å²) in [5.41, 5.74) is 1.86. The number of anilines is 1. The molecule has 1 N–H and O–H groups in total. The summed E-state index contributed by atoms with van der Waals surface area (Å²) >= 11 is 1.36. The van der Waals surface area contributed by atoms with Gasteiger partial charge in [-0.1, -0.05) is 18.2 Å². The lowest BCUT2D eigenvalue weighted by atomic mass is 10.1. The van der Waals surface area contributed by atoms with E-state index in [9.17, 15) is 4.79 Å². The highest BCUT2D eigenvalue weighted by Crippen LogP contribution is 2.26. The first kappa shape index (κ1) is 14.6. The van der Waals surface area contributed by atoms with E-state index in [1.165, 1.54) is 11.3 Å². The van der Waals surface area contributed by atoms with Crippen molar-refractivity contribution in [2.45, 2.75) is 6.42 Å². The molecule has 0 bridgehead atoms. The number of amides is 1. The van der Waals surface area contributed by atoms with Crippen LogP contribution in [0.1, 0.15) is 15.2 Å². The van der Waals surface area contributed by atoms with E-state index in [1.807, 2.05) is 29.6 Å². The molecule has 4 nitrogen and oxygen atoms in total. The molecule has 0 atom stereocenters. The van der Waals surface area contributed by atoms with E-state index in [1.54, 1.807) is 20.3 Å². The van der Waals surface area contributed by atoms with Crippen molar-refractivity contribution in [1.82, 2.24) is 0 Å². The number of thiophene rings is 1. The van der Waals surface area contributed by atoms with Gasteiger partial charge in [-0.3, -0.25) is 4.79 Å². The summed E-state index contributed by atoms with van der Waals surface area (Å²) in [5.74, 6) is 0.448. The predicted molar refractivity (Wildman–Crippen MR) is 80.8 cm³/mol. The van der Waals surface area contributed by atoms with Gasteiger partial charge in [0.1, 0.15) is 10.6 Å². The average molecular weight is 291 g/mol. The van der Waals surface area contributed by atoms with Gasteiger partial charge < -0.3 is 14.8 Å². The fourth-order valence-corrected chi connectivity index (χ4v) is 2.63. The number of benzene rings is 1. The number of rotatable bonds is 6. The van der Waals surface area contributed by atoms with Crippen LogP contribution in [0.25, 0.3) is 0 Å². The quantitative estimate of drug-likeness (QED) is 0.889. The number of hydrogen-bond donors (Lipinski definition) is 1. The molecule has 0 aliphatic carbocycles. The fraction of sp³-hybridized carbons (Fsp3) is 0.267. The summed E-state index contributed by atoms with van der Waals surface area (Å²) in [4.78, 5) is 12.8. The second-order valence-electron chi connectivity index (χ2n) is 4.17. The van der Waals surface area contributed by atoms with Crippen molar-refractivity contribution in [2.75, 3.05) is 26.1 Å². The Morgan fingerprint density at radius 2 is 2.05 bits per heavy atom. The molecule has 1 aromatic heterocycles. The van der Waals surface area contributed by atoms with Crippen LogP contribution in [0.15, 0.2) is 35.7 Å². The van der Waals surface area contributed by atoms with Gasteiger partial charge in [0.2, 0.25) is 0 Å². The smallest absolute Gasteiger partial charge is 0.269 e. The van der Waals surface area contributed by atoms with E-state index in [4.69, 9.17) is 9.47 Å². The first-order chi connectivity index (χ1) is 9.76. The molecule has 0 fully saturated rings. The Morgan fingerprint density at radius 1 is 1.25 bits per heavy atom. The summed E-state index contributed by atoms with van der Waals surface area (Å²) in [6, 6.07) is 9.52. The van der Waals surface area contributed by atoms with Crippen LogP contribution in [0.5, 0.6) is 5.75 Å². The van der Waals surface area contributed by atoms with Crippen molar-refractivity contribution in [3.63, 3.8) is 0 Å². The normalized spacial score (nSPS) is 10.3. The maximum Gasteiger partial charge on any atom is 0.269 e. The van der Waals surface area contributed by atoms with E-state index in [0.29, 0.717) is 17.2 Å². The van der Waals surface area contributed by atoms with Crippen molar-refractivity contribution in [2.24, 2.45) is 0 Å². The Bertz CT molecular complexity index is 580. The van der Waals surface area contributed by atoms with Gasteiger partial charge in [0, 0.05) is 12.8 Å². The zero-order valence-electron chi connectivity index (χ0n) is 11.5. The Morgan fingerprint density at radius 3 is 2.80 bits per heavy atom. The molecular formula is C15H17NO3S. The molecule has 106 valence electrons. The molecule has 0 radical (unpaired) electrons. The minimum absolute atomic E-state index is 0.151. The van der Waals surface area contributed by atoms with Crippen molar-refractivity contribution in [3.8, 4) is 5.75 Å². The minimum Gasteiger partial charge on any atom is -0.495 e. The van der Waals surface area contributed by atoms with Gasteiger partial charge in [0.25, 0.3) is 5.91 Å². The summed E-state index contributed by atoms with van der Waals surface area (Å²) < 4.78 is 10.3. The molecule has 0 aliphatic rings. The third kappa shape index (κ3) is 3.37. The average Bonchev–Trinajstić information content (AvgIpc) is 2.95. The SMILES string of the molecule is COCCc1ccccc1NC(=O)c1sccc1OC. The zero-order valence-corrected chi connectivity index (χ0v) is 12.3. The number of carbonyl (C=O) groups is 1. The molecule has 0 saturated carbocycles. The van der Waals surface area contributed by atoms with Crippen LogP contribution in [0.2, 0.25) is 0 Å². The van der Waals surface area contributed by atoms with Crippen LogP contribution in [0, 0.1) is 0 Å². The summed E-state index contributed by atoms with van der Waals surface area (Å²) in [7, 11) is 3.23. The molecule has 2 rings (SSSR count). The van der Waals surface area contributed by atoms with Gasteiger partial charge in [-0.2, -0.15) is 0 Å². The lowest BCUT2D eigenvalue weighted by Crippen LogP contribution is -2.13. The van der Waals surface area contributed by atoms with Crippen molar-refractivity contribution >= 4 is 22.9 Å². The number of hydrogen-bond acceptors (Lipinski definition) is 4. The number of para-hydroxylation sites is 1. The Labute approximate surface area is 122 Å². The molecular weight excluding hydrogens is 274 g/mol. The first-order valence-corrected chi connectivity index (χ1v) is 7.14. The van der Waals surface area contributed by atoms with E-state index >= 15 is 0 Å². The number of ether oxygens (including phenoxy) is 2. The maximum atomic E-state index is 12.3. The lowest BCUT2D eigenvalue weighted by Gasteiger charge is -2.10. The second kappa shape index (κ2) is 7.07. The van der Waals surface area contributed by atoms with E-state index < -0.39 is 0 Å². The van der Waals surface area contributed by atoms with Gasteiger partial charge in [0.05, 0.1) is 13.7 Å².